The van der Waals surface area contributed by atoms with Gasteiger partial charge in [0.25, 0.3) is 0 Å². The summed E-state index contributed by atoms with van der Waals surface area (Å²) in [6.45, 7) is 3.17. The van der Waals surface area contributed by atoms with Crippen molar-refractivity contribution in [2.45, 2.75) is 26.3 Å². The molecule has 106 valence electrons. The topological polar surface area (TPSA) is 64.3 Å². The van der Waals surface area contributed by atoms with Gasteiger partial charge in [-0.05, 0) is 18.6 Å². The van der Waals surface area contributed by atoms with Crippen molar-refractivity contribution in [2.24, 2.45) is 0 Å². The molecule has 0 atom stereocenters. The second kappa shape index (κ2) is 6.75. The number of ether oxygens (including phenoxy) is 1. The molecule has 0 bridgehead atoms. The highest BCUT2D eigenvalue weighted by molar-refractivity contribution is 5.88. The molecule has 0 spiro atoms. The molecule has 0 aliphatic heterocycles. The molecule has 0 fully saturated rings. The van der Waals surface area contributed by atoms with E-state index in [1.807, 2.05) is 37.3 Å². The molecule has 0 aliphatic carbocycles. The van der Waals surface area contributed by atoms with Crippen LogP contribution < -0.4 is 4.74 Å². The third-order valence-corrected chi connectivity index (χ3v) is 3.04. The fraction of sp³-hybridized carbons (Fsp3) is 0.333. The third-order valence-electron chi connectivity index (χ3n) is 3.04. The van der Waals surface area contributed by atoms with Gasteiger partial charge < -0.3 is 9.84 Å². The Morgan fingerprint density at radius 1 is 1.35 bits per heavy atom. The summed E-state index contributed by atoms with van der Waals surface area (Å²) in [5.74, 6) is -0.0801. The second-order valence-corrected chi connectivity index (χ2v) is 4.40. The average molecular weight is 274 g/mol. The van der Waals surface area contributed by atoms with E-state index in [1.54, 1.807) is 4.68 Å². The van der Waals surface area contributed by atoms with Crippen molar-refractivity contribution < 1.29 is 14.6 Å². The molecule has 1 aromatic heterocycles. The first-order valence-corrected chi connectivity index (χ1v) is 6.68. The van der Waals surface area contributed by atoms with Gasteiger partial charge in [0.05, 0.1) is 18.5 Å². The van der Waals surface area contributed by atoms with Crippen LogP contribution in [0.3, 0.4) is 0 Å². The molecule has 1 N–H and O–H groups in total. The van der Waals surface area contributed by atoms with Crippen LogP contribution in [0.15, 0.2) is 36.5 Å². The zero-order valence-electron chi connectivity index (χ0n) is 11.5. The zero-order valence-corrected chi connectivity index (χ0v) is 11.5. The third kappa shape index (κ3) is 3.38. The van der Waals surface area contributed by atoms with E-state index in [-0.39, 0.29) is 5.56 Å². The molecule has 0 saturated heterocycles. The fourth-order valence-corrected chi connectivity index (χ4v) is 2.08. The van der Waals surface area contributed by atoms with Gasteiger partial charge in [-0.2, -0.15) is 5.10 Å². The van der Waals surface area contributed by atoms with Gasteiger partial charge in [-0.15, -0.1) is 0 Å². The van der Waals surface area contributed by atoms with Gasteiger partial charge >= 0.3 is 5.97 Å². The minimum atomic E-state index is -0.923. The lowest BCUT2D eigenvalue weighted by molar-refractivity contribution is 0.0695. The first-order valence-electron chi connectivity index (χ1n) is 6.68. The van der Waals surface area contributed by atoms with E-state index in [2.05, 4.69) is 5.10 Å². The van der Waals surface area contributed by atoms with Crippen molar-refractivity contribution in [3.05, 3.63) is 47.8 Å². The lowest BCUT2D eigenvalue weighted by Crippen LogP contribution is -2.10. The van der Waals surface area contributed by atoms with E-state index in [9.17, 15) is 4.79 Å². The Bertz CT molecular complexity index is 564. The van der Waals surface area contributed by atoms with E-state index in [1.165, 1.54) is 6.20 Å². The van der Waals surface area contributed by atoms with Crippen LogP contribution in [0.5, 0.6) is 5.75 Å². The Kier molecular flexibility index (Phi) is 4.76. The van der Waals surface area contributed by atoms with Crippen molar-refractivity contribution in [1.82, 2.24) is 9.78 Å². The van der Waals surface area contributed by atoms with Crippen molar-refractivity contribution in [3.8, 4) is 5.75 Å². The molecule has 0 saturated carbocycles. The number of carboxylic acids is 1. The van der Waals surface area contributed by atoms with Crippen LogP contribution in [-0.2, 0) is 13.0 Å². The Morgan fingerprint density at radius 3 is 2.75 bits per heavy atom. The molecule has 2 aromatic rings. The number of aromatic carboxylic acids is 1. The molecule has 0 unspecified atom stereocenters. The minimum absolute atomic E-state index is 0.288. The molecule has 0 amide bonds. The Balaban J connectivity index is 1.87. The lowest BCUT2D eigenvalue weighted by atomic mass is 10.2. The first kappa shape index (κ1) is 14.1. The number of carbonyl (C=O) groups is 1. The van der Waals surface area contributed by atoms with E-state index < -0.39 is 5.97 Å². The standard InChI is InChI=1S/C15H18N2O3/c1-2-14-13(15(18)19)11-16-17(14)9-6-10-20-12-7-4-3-5-8-12/h3-5,7-8,11H,2,6,9-10H2,1H3,(H,18,19). The van der Waals surface area contributed by atoms with Gasteiger partial charge in [0, 0.05) is 13.0 Å². The maximum absolute atomic E-state index is 11.0. The number of nitrogens with zero attached hydrogens (tertiary/aromatic N) is 2. The predicted octanol–water partition coefficient (Wildman–Crippen LogP) is 2.61. The summed E-state index contributed by atoms with van der Waals surface area (Å²) in [4.78, 5) is 11.0. The average Bonchev–Trinajstić information content (AvgIpc) is 2.88. The van der Waals surface area contributed by atoms with Gasteiger partial charge in [-0.3, -0.25) is 4.68 Å². The predicted molar refractivity (Wildman–Crippen MR) is 75.1 cm³/mol. The summed E-state index contributed by atoms with van der Waals surface area (Å²) in [7, 11) is 0. The molecule has 20 heavy (non-hydrogen) atoms. The summed E-state index contributed by atoms with van der Waals surface area (Å²) in [5, 5.41) is 13.2. The monoisotopic (exact) mass is 274 g/mol. The fourth-order valence-electron chi connectivity index (χ4n) is 2.08. The molecule has 0 radical (unpaired) electrons. The van der Waals surface area contributed by atoms with E-state index >= 15 is 0 Å². The second-order valence-electron chi connectivity index (χ2n) is 4.40. The number of aryl methyl sites for hydroxylation is 1. The molecule has 0 aliphatic rings. The molecule has 1 aromatic carbocycles. The summed E-state index contributed by atoms with van der Waals surface area (Å²) < 4.78 is 7.35. The smallest absolute Gasteiger partial charge is 0.339 e. The summed E-state index contributed by atoms with van der Waals surface area (Å²) in [6.07, 6.45) is 2.85. The Labute approximate surface area is 117 Å². The van der Waals surface area contributed by atoms with E-state index in [4.69, 9.17) is 9.84 Å². The Morgan fingerprint density at radius 2 is 2.10 bits per heavy atom. The quantitative estimate of drug-likeness (QED) is 0.788. The minimum Gasteiger partial charge on any atom is -0.494 e. The zero-order chi connectivity index (χ0) is 14.4. The van der Waals surface area contributed by atoms with Crippen LogP contribution in [0.1, 0.15) is 29.4 Å². The molecule has 2 rings (SSSR count). The van der Waals surface area contributed by atoms with Crippen LogP contribution >= 0.6 is 0 Å². The van der Waals surface area contributed by atoms with Crippen molar-refractivity contribution in [2.75, 3.05) is 6.61 Å². The van der Waals surface area contributed by atoms with Crippen LogP contribution in [-0.4, -0.2) is 27.5 Å². The van der Waals surface area contributed by atoms with Crippen LogP contribution in [0.25, 0.3) is 0 Å². The summed E-state index contributed by atoms with van der Waals surface area (Å²) in [6, 6.07) is 9.62. The number of hydrogen-bond acceptors (Lipinski definition) is 3. The number of hydrogen-bond donors (Lipinski definition) is 1. The van der Waals surface area contributed by atoms with Gasteiger partial charge in [-0.1, -0.05) is 25.1 Å². The highest BCUT2D eigenvalue weighted by atomic mass is 16.5. The van der Waals surface area contributed by atoms with Gasteiger partial charge in [0.15, 0.2) is 0 Å². The van der Waals surface area contributed by atoms with Crippen LogP contribution in [0, 0.1) is 0 Å². The van der Waals surface area contributed by atoms with Crippen molar-refractivity contribution in [1.29, 1.82) is 0 Å². The van der Waals surface area contributed by atoms with Gasteiger partial charge in [0.2, 0.25) is 0 Å². The molecule has 1 heterocycles. The Hall–Kier alpha value is -2.30. The summed E-state index contributed by atoms with van der Waals surface area (Å²) >= 11 is 0. The maximum Gasteiger partial charge on any atom is 0.339 e. The van der Waals surface area contributed by atoms with Crippen LogP contribution in [0.4, 0.5) is 0 Å². The summed E-state index contributed by atoms with van der Waals surface area (Å²) in [5.41, 5.74) is 1.05. The lowest BCUT2D eigenvalue weighted by Gasteiger charge is -2.08. The van der Waals surface area contributed by atoms with Gasteiger partial charge in [-0.25, -0.2) is 4.79 Å². The molecule has 5 nitrogen and oxygen atoms in total. The highest BCUT2D eigenvalue weighted by Crippen LogP contribution is 2.11. The first-order chi connectivity index (χ1) is 9.72. The molecule has 5 heteroatoms. The van der Waals surface area contributed by atoms with E-state index in [0.717, 1.165) is 17.9 Å². The van der Waals surface area contributed by atoms with Gasteiger partial charge in [0.1, 0.15) is 11.3 Å². The molecular weight excluding hydrogens is 256 g/mol. The number of para-hydroxylation sites is 1. The van der Waals surface area contributed by atoms with E-state index in [0.29, 0.717) is 19.6 Å². The maximum atomic E-state index is 11.0. The number of carboxylic acid groups (broad SMARTS) is 1. The largest absolute Gasteiger partial charge is 0.494 e. The normalized spacial score (nSPS) is 10.4. The number of benzene rings is 1. The van der Waals surface area contributed by atoms with Crippen LogP contribution in [0.2, 0.25) is 0 Å². The number of aromatic nitrogens is 2. The highest BCUT2D eigenvalue weighted by Gasteiger charge is 2.14. The number of rotatable bonds is 7. The SMILES string of the molecule is CCc1c(C(=O)O)cnn1CCCOc1ccccc1. The van der Waals surface area contributed by atoms with Crippen molar-refractivity contribution >= 4 is 5.97 Å². The molecular formula is C15H18N2O3. The van der Waals surface area contributed by atoms with Crippen molar-refractivity contribution in [3.63, 3.8) is 0 Å².